The minimum atomic E-state index is -0.826. The van der Waals surface area contributed by atoms with Crippen molar-refractivity contribution in [2.45, 2.75) is 19.0 Å². The molecule has 8 nitrogen and oxygen atoms in total. The Morgan fingerprint density at radius 1 is 1.23 bits per heavy atom. The van der Waals surface area contributed by atoms with E-state index in [4.69, 9.17) is 14.6 Å². The number of aromatic nitrogens is 3. The fourth-order valence-electron chi connectivity index (χ4n) is 3.00. The van der Waals surface area contributed by atoms with Gasteiger partial charge in [0.05, 0.1) is 24.2 Å². The molecule has 0 radical (unpaired) electrons. The summed E-state index contributed by atoms with van der Waals surface area (Å²) in [7, 11) is 0. The molecule has 0 aliphatic carbocycles. The van der Waals surface area contributed by atoms with Crippen LogP contribution in [0.2, 0.25) is 0 Å². The quantitative estimate of drug-likeness (QED) is 0.572. The minimum Gasteiger partial charge on any atom is -0.472 e. The summed E-state index contributed by atoms with van der Waals surface area (Å²) in [6.45, 7) is 0.414. The second kappa shape index (κ2) is 6.40. The molecule has 4 rings (SSSR count). The van der Waals surface area contributed by atoms with Gasteiger partial charge in [-0.15, -0.1) is 0 Å². The van der Waals surface area contributed by atoms with Gasteiger partial charge in [-0.05, 0) is 24.6 Å². The molecule has 3 heterocycles. The zero-order valence-electron chi connectivity index (χ0n) is 13.7. The Balaban J connectivity index is 1.59. The number of rotatable bonds is 6. The number of primary amides is 1. The van der Waals surface area contributed by atoms with E-state index in [1.54, 1.807) is 47.7 Å². The average Bonchev–Trinajstić information content (AvgIpc) is 3.34. The van der Waals surface area contributed by atoms with Gasteiger partial charge in [-0.3, -0.25) is 14.0 Å². The number of oxazole rings is 1. The molecule has 0 spiro atoms. The number of para-hydroxylation sites is 2. The largest absolute Gasteiger partial charge is 0.472 e. The number of furan rings is 1. The number of carbonyl (C=O) groups excluding carboxylic acids is 1. The zero-order chi connectivity index (χ0) is 18.1. The van der Waals surface area contributed by atoms with Crippen LogP contribution in [0.4, 0.5) is 0 Å². The van der Waals surface area contributed by atoms with Crippen molar-refractivity contribution < 1.29 is 13.6 Å². The average molecular weight is 352 g/mol. The normalized spacial score (nSPS) is 12.5. The highest BCUT2D eigenvalue weighted by atomic mass is 16.4. The molecule has 0 aliphatic rings. The topological polar surface area (TPSA) is 109 Å². The molecule has 132 valence electrons. The van der Waals surface area contributed by atoms with Crippen molar-refractivity contribution in [2.75, 3.05) is 0 Å². The standard InChI is InChI=1S/C18H16N4O4/c19-17(23)15(22-14-3-1-2-4-16(14)26-18(22)24)5-7-21-10-13(9-20-21)12-6-8-25-11-12/h1-4,6,8-11,15H,5,7H2,(H2,19,23). The van der Waals surface area contributed by atoms with Gasteiger partial charge in [-0.25, -0.2) is 4.79 Å². The third-order valence-electron chi connectivity index (χ3n) is 4.28. The van der Waals surface area contributed by atoms with E-state index in [1.165, 1.54) is 4.57 Å². The van der Waals surface area contributed by atoms with E-state index in [0.717, 1.165) is 11.1 Å². The number of hydrogen-bond donors (Lipinski definition) is 1. The molecule has 1 amide bonds. The van der Waals surface area contributed by atoms with E-state index in [-0.39, 0.29) is 0 Å². The SMILES string of the molecule is NC(=O)C(CCn1cc(-c2ccoc2)cn1)n1c(=O)oc2ccccc21. The third-order valence-corrected chi connectivity index (χ3v) is 4.28. The Labute approximate surface area is 147 Å². The molecule has 26 heavy (non-hydrogen) atoms. The molecule has 1 atom stereocenters. The summed E-state index contributed by atoms with van der Waals surface area (Å²) >= 11 is 0. The lowest BCUT2D eigenvalue weighted by Crippen LogP contribution is -2.32. The van der Waals surface area contributed by atoms with Crippen LogP contribution < -0.4 is 11.5 Å². The van der Waals surface area contributed by atoms with Gasteiger partial charge < -0.3 is 14.6 Å². The first-order valence-electron chi connectivity index (χ1n) is 8.08. The first-order chi connectivity index (χ1) is 12.6. The summed E-state index contributed by atoms with van der Waals surface area (Å²) in [6, 6.07) is 7.95. The van der Waals surface area contributed by atoms with Crippen molar-refractivity contribution in [2.24, 2.45) is 5.73 Å². The molecular formula is C18H16N4O4. The van der Waals surface area contributed by atoms with E-state index in [9.17, 15) is 9.59 Å². The van der Waals surface area contributed by atoms with Gasteiger partial charge in [0.2, 0.25) is 5.91 Å². The number of nitrogens with zero attached hydrogens (tertiary/aromatic N) is 3. The van der Waals surface area contributed by atoms with Gasteiger partial charge in [0, 0.05) is 23.9 Å². The Kier molecular flexibility index (Phi) is 3.92. The lowest BCUT2D eigenvalue weighted by atomic mass is 10.1. The molecule has 2 N–H and O–H groups in total. The van der Waals surface area contributed by atoms with Gasteiger partial charge >= 0.3 is 5.76 Å². The number of amides is 1. The Bertz CT molecular complexity index is 1100. The summed E-state index contributed by atoms with van der Waals surface area (Å²) in [5, 5.41) is 4.28. The van der Waals surface area contributed by atoms with Crippen LogP contribution in [-0.4, -0.2) is 20.3 Å². The Morgan fingerprint density at radius 2 is 2.08 bits per heavy atom. The predicted octanol–water partition coefficient (Wildman–Crippen LogP) is 2.17. The second-order valence-corrected chi connectivity index (χ2v) is 5.92. The van der Waals surface area contributed by atoms with Crippen LogP contribution in [0.1, 0.15) is 12.5 Å². The molecule has 8 heteroatoms. The maximum Gasteiger partial charge on any atom is 0.420 e. The molecule has 4 aromatic rings. The Hall–Kier alpha value is -3.55. The Morgan fingerprint density at radius 3 is 2.85 bits per heavy atom. The summed E-state index contributed by atoms with van der Waals surface area (Å²) in [5.74, 6) is -1.20. The summed E-state index contributed by atoms with van der Waals surface area (Å²) < 4.78 is 13.3. The summed E-state index contributed by atoms with van der Waals surface area (Å²) in [6.07, 6.45) is 7.09. The minimum absolute atomic E-state index is 0.311. The number of carbonyl (C=O) groups is 1. The third kappa shape index (κ3) is 2.81. The highest BCUT2D eigenvalue weighted by Crippen LogP contribution is 2.21. The van der Waals surface area contributed by atoms with E-state index in [2.05, 4.69) is 5.10 Å². The van der Waals surface area contributed by atoms with E-state index in [1.807, 2.05) is 12.3 Å². The molecular weight excluding hydrogens is 336 g/mol. The maximum atomic E-state index is 12.2. The number of fused-ring (bicyclic) bond motifs is 1. The van der Waals surface area contributed by atoms with Crippen LogP contribution in [0.3, 0.4) is 0 Å². The van der Waals surface area contributed by atoms with Crippen LogP contribution in [0.5, 0.6) is 0 Å². The van der Waals surface area contributed by atoms with Crippen molar-refractivity contribution in [3.8, 4) is 11.1 Å². The van der Waals surface area contributed by atoms with Crippen molar-refractivity contribution in [3.05, 3.63) is 65.8 Å². The van der Waals surface area contributed by atoms with E-state index < -0.39 is 17.7 Å². The lowest BCUT2D eigenvalue weighted by molar-refractivity contribution is -0.121. The van der Waals surface area contributed by atoms with Gasteiger partial charge in [-0.1, -0.05) is 12.1 Å². The van der Waals surface area contributed by atoms with Gasteiger partial charge in [0.25, 0.3) is 0 Å². The van der Waals surface area contributed by atoms with Crippen molar-refractivity contribution >= 4 is 17.0 Å². The molecule has 1 unspecified atom stereocenters. The second-order valence-electron chi connectivity index (χ2n) is 5.92. The summed E-state index contributed by atoms with van der Waals surface area (Å²) in [4.78, 5) is 24.2. The van der Waals surface area contributed by atoms with Crippen LogP contribution in [0.15, 0.2) is 68.9 Å². The molecule has 3 aromatic heterocycles. The fourth-order valence-corrected chi connectivity index (χ4v) is 3.00. The highest BCUT2D eigenvalue weighted by Gasteiger charge is 2.23. The van der Waals surface area contributed by atoms with Crippen molar-refractivity contribution in [1.82, 2.24) is 14.3 Å². The van der Waals surface area contributed by atoms with Crippen molar-refractivity contribution in [1.29, 1.82) is 0 Å². The smallest absolute Gasteiger partial charge is 0.420 e. The van der Waals surface area contributed by atoms with Crippen LogP contribution in [0.25, 0.3) is 22.2 Å². The first kappa shape index (κ1) is 15.9. The highest BCUT2D eigenvalue weighted by molar-refractivity contribution is 5.81. The molecule has 0 aliphatic heterocycles. The number of hydrogen-bond acceptors (Lipinski definition) is 5. The van der Waals surface area contributed by atoms with Crippen LogP contribution in [0, 0.1) is 0 Å². The van der Waals surface area contributed by atoms with Crippen molar-refractivity contribution in [3.63, 3.8) is 0 Å². The number of aryl methyl sites for hydroxylation is 1. The fraction of sp³-hybridized carbons (Fsp3) is 0.167. The summed E-state index contributed by atoms with van der Waals surface area (Å²) in [5.41, 5.74) is 8.34. The molecule has 1 aromatic carbocycles. The molecule has 0 saturated heterocycles. The maximum absolute atomic E-state index is 12.2. The molecule has 0 fully saturated rings. The van der Waals surface area contributed by atoms with Gasteiger partial charge in [0.1, 0.15) is 6.04 Å². The van der Waals surface area contributed by atoms with Gasteiger partial charge in [-0.2, -0.15) is 5.10 Å². The lowest BCUT2D eigenvalue weighted by Gasteiger charge is -2.14. The first-order valence-corrected chi connectivity index (χ1v) is 8.08. The van der Waals surface area contributed by atoms with E-state index in [0.29, 0.717) is 24.1 Å². The molecule has 0 bridgehead atoms. The van der Waals surface area contributed by atoms with Crippen LogP contribution >= 0.6 is 0 Å². The van der Waals surface area contributed by atoms with Gasteiger partial charge in [0.15, 0.2) is 5.58 Å². The number of benzene rings is 1. The molecule has 0 saturated carbocycles. The number of nitrogens with two attached hydrogens (primary N) is 1. The van der Waals surface area contributed by atoms with E-state index >= 15 is 0 Å². The monoisotopic (exact) mass is 352 g/mol. The predicted molar refractivity (Wildman–Crippen MR) is 93.3 cm³/mol. The zero-order valence-corrected chi connectivity index (χ0v) is 13.7. The van der Waals surface area contributed by atoms with Crippen LogP contribution in [-0.2, 0) is 11.3 Å².